The Labute approximate surface area is 188 Å². The molecular formula is C23H33N3O6. The molecule has 0 aromatic heterocycles. The number of carbonyl (C=O) groups excluding carboxylic acids is 3. The van der Waals surface area contributed by atoms with Gasteiger partial charge in [0.05, 0.1) is 18.5 Å². The fraction of sp³-hybridized carbons (Fsp3) is 0.565. The van der Waals surface area contributed by atoms with Gasteiger partial charge in [0.1, 0.15) is 24.4 Å². The van der Waals surface area contributed by atoms with Gasteiger partial charge >= 0.3 is 5.97 Å². The summed E-state index contributed by atoms with van der Waals surface area (Å²) in [6, 6.07) is 4.26. The molecular weight excluding hydrogens is 414 g/mol. The van der Waals surface area contributed by atoms with Crippen LogP contribution in [0.2, 0.25) is 0 Å². The summed E-state index contributed by atoms with van der Waals surface area (Å²) < 4.78 is 5.81. The largest absolute Gasteiger partial charge is 0.491 e. The predicted molar refractivity (Wildman–Crippen MR) is 118 cm³/mol. The topological polar surface area (TPSA) is 125 Å². The quantitative estimate of drug-likeness (QED) is 0.611. The van der Waals surface area contributed by atoms with Crippen molar-refractivity contribution in [3.63, 3.8) is 0 Å². The van der Waals surface area contributed by atoms with Crippen LogP contribution in [-0.4, -0.2) is 65.5 Å². The van der Waals surface area contributed by atoms with Gasteiger partial charge in [-0.2, -0.15) is 0 Å². The van der Waals surface area contributed by atoms with Crippen molar-refractivity contribution in [1.29, 1.82) is 0 Å². The molecule has 0 bridgehead atoms. The number of nitrogens with zero attached hydrogens (tertiary/aromatic N) is 1. The molecule has 0 unspecified atom stereocenters. The Hall–Kier alpha value is -3.10. The second-order valence-corrected chi connectivity index (χ2v) is 8.34. The lowest BCUT2D eigenvalue weighted by Gasteiger charge is -2.29. The van der Waals surface area contributed by atoms with Crippen LogP contribution in [-0.2, 0) is 14.4 Å². The van der Waals surface area contributed by atoms with Gasteiger partial charge in [0.15, 0.2) is 0 Å². The SMILES string of the molecule is CCCCN1CCOc2ccccc2C(=O)N[C@@H](C(=O)O)CC(=O)N[C@H](CC(C)C)C1=O. The third kappa shape index (κ3) is 7.25. The van der Waals surface area contributed by atoms with Crippen LogP contribution in [0.15, 0.2) is 24.3 Å². The van der Waals surface area contributed by atoms with Crippen molar-refractivity contribution in [2.45, 2.75) is 58.5 Å². The highest BCUT2D eigenvalue weighted by Crippen LogP contribution is 2.19. The number of ether oxygens (including phenoxy) is 1. The Morgan fingerprint density at radius 3 is 2.59 bits per heavy atom. The molecule has 1 aromatic rings. The van der Waals surface area contributed by atoms with Crippen molar-refractivity contribution in [3.05, 3.63) is 29.8 Å². The number of amides is 3. The minimum Gasteiger partial charge on any atom is -0.491 e. The first-order valence-corrected chi connectivity index (χ1v) is 11.1. The minimum absolute atomic E-state index is 0.134. The van der Waals surface area contributed by atoms with Gasteiger partial charge < -0.3 is 25.4 Å². The van der Waals surface area contributed by atoms with Crippen LogP contribution in [0, 0.1) is 5.92 Å². The lowest BCUT2D eigenvalue weighted by Crippen LogP contribution is -2.52. The number of hydrogen-bond acceptors (Lipinski definition) is 5. The van der Waals surface area contributed by atoms with Gasteiger partial charge in [0, 0.05) is 6.54 Å². The second-order valence-electron chi connectivity index (χ2n) is 8.34. The molecule has 1 aliphatic heterocycles. The molecule has 0 saturated heterocycles. The molecule has 3 amide bonds. The molecule has 0 saturated carbocycles. The number of aliphatic carboxylic acids is 1. The van der Waals surface area contributed by atoms with Crippen molar-refractivity contribution in [2.24, 2.45) is 5.92 Å². The third-order valence-corrected chi connectivity index (χ3v) is 5.18. The van der Waals surface area contributed by atoms with E-state index >= 15 is 0 Å². The minimum atomic E-state index is -1.44. The van der Waals surface area contributed by atoms with Gasteiger partial charge in [-0.25, -0.2) is 4.79 Å². The highest BCUT2D eigenvalue weighted by atomic mass is 16.5. The third-order valence-electron chi connectivity index (χ3n) is 5.18. The standard InChI is InChI=1S/C23H33N3O6/c1-4-5-10-26-11-12-32-19-9-7-6-8-16(19)21(28)25-18(23(30)31)14-20(27)24-17(22(26)29)13-15(2)3/h6-9,15,17-18H,4-5,10-14H2,1-3H3,(H,24,27)(H,25,28)(H,30,31)/t17-,18-/m1/s1. The van der Waals surface area contributed by atoms with E-state index in [0.29, 0.717) is 19.5 Å². The van der Waals surface area contributed by atoms with Crippen molar-refractivity contribution in [2.75, 3.05) is 19.7 Å². The predicted octanol–water partition coefficient (Wildman–Crippen LogP) is 1.81. The summed E-state index contributed by atoms with van der Waals surface area (Å²) in [5.41, 5.74) is 0.167. The van der Waals surface area contributed by atoms with E-state index in [-0.39, 0.29) is 29.7 Å². The summed E-state index contributed by atoms with van der Waals surface area (Å²) in [4.78, 5) is 52.0. The van der Waals surface area contributed by atoms with E-state index in [1.54, 1.807) is 23.1 Å². The fourth-order valence-electron chi connectivity index (χ4n) is 3.52. The first-order chi connectivity index (χ1) is 15.2. The highest BCUT2D eigenvalue weighted by Gasteiger charge is 2.30. The number of unbranched alkanes of at least 4 members (excludes halogenated alkanes) is 1. The molecule has 1 aromatic carbocycles. The Morgan fingerprint density at radius 1 is 1.22 bits per heavy atom. The van der Waals surface area contributed by atoms with Crippen molar-refractivity contribution < 1.29 is 29.0 Å². The lowest BCUT2D eigenvalue weighted by atomic mass is 10.0. The second kappa shape index (κ2) is 12.1. The van der Waals surface area contributed by atoms with Crippen LogP contribution in [0.5, 0.6) is 5.75 Å². The van der Waals surface area contributed by atoms with Crippen LogP contribution < -0.4 is 15.4 Å². The smallest absolute Gasteiger partial charge is 0.326 e. The number of nitrogens with one attached hydrogen (secondary N) is 2. The fourth-order valence-corrected chi connectivity index (χ4v) is 3.52. The van der Waals surface area contributed by atoms with E-state index in [1.165, 1.54) is 6.07 Å². The number of carboxylic acid groups (broad SMARTS) is 1. The molecule has 9 nitrogen and oxygen atoms in total. The van der Waals surface area contributed by atoms with E-state index in [2.05, 4.69) is 10.6 Å². The Balaban J connectivity index is 2.39. The molecule has 1 heterocycles. The molecule has 0 aliphatic carbocycles. The maximum atomic E-state index is 13.3. The summed E-state index contributed by atoms with van der Waals surface area (Å²) in [6.45, 7) is 6.90. The molecule has 1 aliphatic rings. The molecule has 2 atom stereocenters. The van der Waals surface area contributed by atoms with Gasteiger partial charge in [-0.05, 0) is 30.9 Å². The first-order valence-electron chi connectivity index (χ1n) is 11.1. The van der Waals surface area contributed by atoms with Crippen LogP contribution in [0.3, 0.4) is 0 Å². The zero-order valence-electron chi connectivity index (χ0n) is 18.9. The average molecular weight is 448 g/mol. The molecule has 176 valence electrons. The van der Waals surface area contributed by atoms with Gasteiger partial charge in [-0.3, -0.25) is 14.4 Å². The van der Waals surface area contributed by atoms with Gasteiger partial charge in [-0.1, -0.05) is 39.3 Å². The summed E-state index contributed by atoms with van der Waals surface area (Å²) >= 11 is 0. The molecule has 9 heteroatoms. The van der Waals surface area contributed by atoms with Gasteiger partial charge in [0.2, 0.25) is 11.8 Å². The van der Waals surface area contributed by atoms with Crippen LogP contribution in [0.1, 0.15) is 56.8 Å². The molecule has 0 fully saturated rings. The zero-order chi connectivity index (χ0) is 23.7. The summed E-state index contributed by atoms with van der Waals surface area (Å²) in [6.07, 6.45) is 1.63. The Morgan fingerprint density at radius 2 is 1.94 bits per heavy atom. The Bertz CT molecular complexity index is 826. The number of hydrogen-bond donors (Lipinski definition) is 3. The molecule has 32 heavy (non-hydrogen) atoms. The number of carboxylic acids is 1. The summed E-state index contributed by atoms with van der Waals surface area (Å²) in [7, 11) is 0. The van der Waals surface area contributed by atoms with E-state index in [1.807, 2.05) is 20.8 Å². The number of fused-ring (bicyclic) bond motifs is 1. The van der Waals surface area contributed by atoms with Crippen LogP contribution in [0.4, 0.5) is 0 Å². The van der Waals surface area contributed by atoms with Crippen molar-refractivity contribution in [1.82, 2.24) is 15.5 Å². The van der Waals surface area contributed by atoms with Crippen molar-refractivity contribution in [3.8, 4) is 5.75 Å². The van der Waals surface area contributed by atoms with E-state index in [0.717, 1.165) is 12.8 Å². The summed E-state index contributed by atoms with van der Waals surface area (Å²) in [5.74, 6) is -2.38. The number of rotatable bonds is 6. The maximum Gasteiger partial charge on any atom is 0.326 e. The van der Waals surface area contributed by atoms with Gasteiger partial charge in [0.25, 0.3) is 5.91 Å². The van der Waals surface area contributed by atoms with Crippen molar-refractivity contribution >= 4 is 23.7 Å². The number of para-hydroxylation sites is 1. The maximum absolute atomic E-state index is 13.3. The first kappa shape index (κ1) is 25.2. The lowest BCUT2D eigenvalue weighted by molar-refractivity contribution is -0.142. The van der Waals surface area contributed by atoms with Crippen LogP contribution >= 0.6 is 0 Å². The van der Waals surface area contributed by atoms with Gasteiger partial charge in [-0.15, -0.1) is 0 Å². The molecule has 3 N–H and O–H groups in total. The van der Waals surface area contributed by atoms with Crippen LogP contribution in [0.25, 0.3) is 0 Å². The summed E-state index contributed by atoms with van der Waals surface area (Å²) in [5, 5.41) is 14.6. The molecule has 0 spiro atoms. The Kier molecular flexibility index (Phi) is 9.49. The van der Waals surface area contributed by atoms with E-state index in [4.69, 9.17) is 4.74 Å². The molecule has 2 rings (SSSR count). The van der Waals surface area contributed by atoms with E-state index < -0.39 is 36.3 Å². The monoisotopic (exact) mass is 447 g/mol. The molecule has 0 radical (unpaired) electrons. The van der Waals surface area contributed by atoms with E-state index in [9.17, 15) is 24.3 Å². The normalized spacial score (nSPS) is 20.6. The number of benzene rings is 1. The zero-order valence-corrected chi connectivity index (χ0v) is 18.9. The highest BCUT2D eigenvalue weighted by molar-refractivity contribution is 6.00. The average Bonchev–Trinajstić information content (AvgIpc) is 2.74. The number of carbonyl (C=O) groups is 4.